The number of benzene rings is 1. The number of carbonyl (C=O) groups is 1. The second-order valence-corrected chi connectivity index (χ2v) is 5.22. The molecule has 0 bridgehead atoms. The van der Waals surface area contributed by atoms with Crippen LogP contribution in [-0.4, -0.2) is 41.7 Å². The van der Waals surface area contributed by atoms with Crippen molar-refractivity contribution in [3.8, 4) is 11.5 Å². The maximum atomic E-state index is 12.2. The average Bonchev–Trinajstić information content (AvgIpc) is 3.03. The first-order chi connectivity index (χ1) is 9.67. The third-order valence-electron chi connectivity index (χ3n) is 3.86. The van der Waals surface area contributed by atoms with Gasteiger partial charge in [0.05, 0.1) is 6.10 Å². The molecule has 1 aromatic rings. The van der Waals surface area contributed by atoms with Crippen LogP contribution < -0.4 is 14.8 Å². The van der Waals surface area contributed by atoms with Gasteiger partial charge < -0.3 is 25.0 Å². The monoisotopic (exact) mass is 279 g/mol. The molecule has 1 fully saturated rings. The third-order valence-corrected chi connectivity index (χ3v) is 3.86. The van der Waals surface area contributed by atoms with Crippen LogP contribution in [0.1, 0.15) is 23.2 Å². The molecule has 3 N–H and O–H groups in total. The van der Waals surface area contributed by atoms with Gasteiger partial charge in [0, 0.05) is 24.1 Å². The van der Waals surface area contributed by atoms with Crippen molar-refractivity contribution in [1.82, 2.24) is 5.32 Å². The molecule has 1 aliphatic heterocycles. The first kappa shape index (κ1) is 13.2. The molecule has 1 saturated carbocycles. The summed E-state index contributed by atoms with van der Waals surface area (Å²) >= 11 is 0. The van der Waals surface area contributed by atoms with Gasteiger partial charge in [-0.15, -0.1) is 0 Å². The summed E-state index contributed by atoms with van der Waals surface area (Å²) in [5.41, 5.74) is 0.496. The summed E-state index contributed by atoms with van der Waals surface area (Å²) < 4.78 is 10.4. The van der Waals surface area contributed by atoms with Gasteiger partial charge in [-0.25, -0.2) is 0 Å². The summed E-state index contributed by atoms with van der Waals surface area (Å²) in [6.07, 6.45) is 0.511. The SMILES string of the molecule is O=C(N[C@@H]1C[C@H](CO)[C@H](O)C1)c1ccc2c(c1)OCO2. The molecule has 2 aliphatic rings. The predicted molar refractivity (Wildman–Crippen MR) is 69.6 cm³/mol. The largest absolute Gasteiger partial charge is 0.454 e. The van der Waals surface area contributed by atoms with E-state index in [1.165, 1.54) is 0 Å². The summed E-state index contributed by atoms with van der Waals surface area (Å²) in [5, 5.41) is 21.7. The highest BCUT2D eigenvalue weighted by Gasteiger charge is 2.33. The van der Waals surface area contributed by atoms with Crippen LogP contribution in [0.4, 0.5) is 0 Å². The van der Waals surface area contributed by atoms with Crippen molar-refractivity contribution in [3.63, 3.8) is 0 Å². The molecule has 1 aliphatic carbocycles. The van der Waals surface area contributed by atoms with E-state index in [0.717, 1.165) is 0 Å². The Labute approximate surface area is 116 Å². The van der Waals surface area contributed by atoms with Gasteiger partial charge in [0.2, 0.25) is 6.79 Å². The van der Waals surface area contributed by atoms with Gasteiger partial charge in [-0.1, -0.05) is 0 Å². The number of amides is 1. The fraction of sp³-hybridized carbons (Fsp3) is 0.500. The van der Waals surface area contributed by atoms with Crippen LogP contribution in [0, 0.1) is 5.92 Å². The normalized spacial score (nSPS) is 27.6. The molecule has 0 saturated heterocycles. The molecule has 0 radical (unpaired) electrons. The van der Waals surface area contributed by atoms with Crippen molar-refractivity contribution in [2.24, 2.45) is 5.92 Å². The minimum Gasteiger partial charge on any atom is -0.454 e. The number of rotatable bonds is 3. The number of ether oxygens (including phenoxy) is 2. The van der Waals surface area contributed by atoms with Crippen LogP contribution in [-0.2, 0) is 0 Å². The van der Waals surface area contributed by atoms with Gasteiger partial charge in [0.25, 0.3) is 5.91 Å². The highest BCUT2D eigenvalue weighted by atomic mass is 16.7. The van der Waals surface area contributed by atoms with E-state index in [0.29, 0.717) is 29.9 Å². The van der Waals surface area contributed by atoms with E-state index in [1.807, 2.05) is 0 Å². The molecule has 1 heterocycles. The van der Waals surface area contributed by atoms with E-state index in [-0.39, 0.29) is 31.3 Å². The van der Waals surface area contributed by atoms with Crippen LogP contribution in [0.2, 0.25) is 0 Å². The van der Waals surface area contributed by atoms with Crippen LogP contribution in [0.25, 0.3) is 0 Å². The minimum absolute atomic E-state index is 0.0580. The maximum Gasteiger partial charge on any atom is 0.251 e. The molecule has 6 nitrogen and oxygen atoms in total. The van der Waals surface area contributed by atoms with Gasteiger partial charge >= 0.3 is 0 Å². The molecular formula is C14H17NO5. The quantitative estimate of drug-likeness (QED) is 0.739. The van der Waals surface area contributed by atoms with Crippen molar-refractivity contribution in [2.45, 2.75) is 25.0 Å². The number of hydrogen-bond donors (Lipinski definition) is 3. The second-order valence-electron chi connectivity index (χ2n) is 5.22. The zero-order valence-corrected chi connectivity index (χ0v) is 10.9. The summed E-state index contributed by atoms with van der Waals surface area (Å²) in [7, 11) is 0. The van der Waals surface area contributed by atoms with Crippen LogP contribution >= 0.6 is 0 Å². The predicted octanol–water partition coefficient (Wildman–Crippen LogP) is 0.277. The lowest BCUT2D eigenvalue weighted by molar-refractivity contribution is 0.0903. The van der Waals surface area contributed by atoms with Crippen LogP contribution in [0.15, 0.2) is 18.2 Å². The highest BCUT2D eigenvalue weighted by Crippen LogP contribution is 2.32. The average molecular weight is 279 g/mol. The lowest BCUT2D eigenvalue weighted by Crippen LogP contribution is -2.33. The van der Waals surface area contributed by atoms with Gasteiger partial charge in [0.15, 0.2) is 11.5 Å². The smallest absolute Gasteiger partial charge is 0.251 e. The molecule has 0 unspecified atom stereocenters. The van der Waals surface area contributed by atoms with E-state index in [9.17, 15) is 9.90 Å². The molecule has 6 heteroatoms. The number of aliphatic hydroxyl groups is 2. The number of fused-ring (bicyclic) bond motifs is 1. The second kappa shape index (κ2) is 5.30. The number of carbonyl (C=O) groups excluding carboxylic acids is 1. The van der Waals surface area contributed by atoms with Crippen molar-refractivity contribution in [2.75, 3.05) is 13.4 Å². The van der Waals surface area contributed by atoms with E-state index in [4.69, 9.17) is 14.6 Å². The van der Waals surface area contributed by atoms with Crippen molar-refractivity contribution >= 4 is 5.91 Å². The zero-order chi connectivity index (χ0) is 14.1. The van der Waals surface area contributed by atoms with E-state index >= 15 is 0 Å². The fourth-order valence-corrected chi connectivity index (χ4v) is 2.72. The maximum absolute atomic E-state index is 12.2. The van der Waals surface area contributed by atoms with E-state index in [1.54, 1.807) is 18.2 Å². The lowest BCUT2D eigenvalue weighted by Gasteiger charge is -2.12. The molecule has 1 aromatic carbocycles. The summed E-state index contributed by atoms with van der Waals surface area (Å²) in [4.78, 5) is 12.2. The van der Waals surface area contributed by atoms with Gasteiger partial charge in [0.1, 0.15) is 0 Å². The number of aliphatic hydroxyl groups excluding tert-OH is 2. The molecule has 3 atom stereocenters. The standard InChI is InChI=1S/C14H17NO5/c16-6-9-3-10(5-11(9)17)15-14(18)8-1-2-12-13(4-8)20-7-19-12/h1-2,4,9-11,16-17H,3,5-7H2,(H,15,18)/t9-,10-,11-/m1/s1. The van der Waals surface area contributed by atoms with Crippen LogP contribution in [0.5, 0.6) is 11.5 Å². The topological polar surface area (TPSA) is 88.0 Å². The Hall–Kier alpha value is -1.79. The van der Waals surface area contributed by atoms with Crippen molar-refractivity contribution in [3.05, 3.63) is 23.8 Å². The van der Waals surface area contributed by atoms with Crippen molar-refractivity contribution in [1.29, 1.82) is 0 Å². The Morgan fingerprint density at radius 1 is 1.30 bits per heavy atom. The minimum atomic E-state index is -0.554. The number of nitrogens with one attached hydrogen (secondary N) is 1. The van der Waals surface area contributed by atoms with Gasteiger partial charge in [-0.05, 0) is 31.0 Å². The molecular weight excluding hydrogens is 262 g/mol. The van der Waals surface area contributed by atoms with Crippen molar-refractivity contribution < 1.29 is 24.5 Å². The highest BCUT2D eigenvalue weighted by molar-refractivity contribution is 5.95. The van der Waals surface area contributed by atoms with E-state index < -0.39 is 6.10 Å². The molecule has 0 spiro atoms. The van der Waals surface area contributed by atoms with E-state index in [2.05, 4.69) is 5.32 Å². The molecule has 3 rings (SSSR count). The first-order valence-electron chi connectivity index (χ1n) is 6.67. The summed E-state index contributed by atoms with van der Waals surface area (Å²) in [6.45, 7) is 0.116. The Morgan fingerprint density at radius 2 is 2.10 bits per heavy atom. The molecule has 1 amide bonds. The molecule has 20 heavy (non-hydrogen) atoms. The first-order valence-corrected chi connectivity index (χ1v) is 6.67. The van der Waals surface area contributed by atoms with Gasteiger partial charge in [-0.2, -0.15) is 0 Å². The Morgan fingerprint density at radius 3 is 2.85 bits per heavy atom. The molecule has 108 valence electrons. The zero-order valence-electron chi connectivity index (χ0n) is 10.9. The Balaban J connectivity index is 1.65. The third kappa shape index (κ3) is 2.44. The van der Waals surface area contributed by atoms with Gasteiger partial charge in [-0.3, -0.25) is 4.79 Å². The fourth-order valence-electron chi connectivity index (χ4n) is 2.72. The summed E-state index contributed by atoms with van der Waals surface area (Å²) in [5.74, 6) is 0.840. The number of hydrogen-bond acceptors (Lipinski definition) is 5. The summed E-state index contributed by atoms with van der Waals surface area (Å²) in [6, 6.07) is 4.92. The lowest BCUT2D eigenvalue weighted by atomic mass is 10.1. The Bertz CT molecular complexity index is 518. The van der Waals surface area contributed by atoms with Crippen LogP contribution in [0.3, 0.4) is 0 Å². The Kier molecular flexibility index (Phi) is 3.50. The molecule has 0 aromatic heterocycles.